The summed E-state index contributed by atoms with van der Waals surface area (Å²) < 4.78 is 8.63. The zero-order valence-corrected chi connectivity index (χ0v) is 31.7. The summed E-state index contributed by atoms with van der Waals surface area (Å²) in [5, 5.41) is 11.7. The summed E-state index contributed by atoms with van der Waals surface area (Å²) in [7, 11) is 0. The van der Waals surface area contributed by atoms with Crippen LogP contribution in [0.25, 0.3) is 61.4 Å². The second kappa shape index (κ2) is 13.4. The van der Waals surface area contributed by atoms with E-state index < -0.39 is 0 Å². The van der Waals surface area contributed by atoms with E-state index >= 15 is 0 Å². The van der Waals surface area contributed by atoms with Crippen LogP contribution in [0.3, 0.4) is 0 Å². The molecule has 254 valence electrons. The Kier molecular flexibility index (Phi) is 8.99. The van der Waals surface area contributed by atoms with Crippen LogP contribution in [-0.2, 0) is 26.5 Å². The minimum absolute atomic E-state index is 0. The third-order valence-corrected chi connectivity index (χ3v) is 9.28. The predicted molar refractivity (Wildman–Crippen MR) is 202 cm³/mol. The van der Waals surface area contributed by atoms with E-state index in [1.54, 1.807) is 0 Å². The van der Waals surface area contributed by atoms with Crippen LogP contribution in [-0.4, -0.2) is 19.6 Å². The number of aryl methyl sites for hydroxylation is 3. The van der Waals surface area contributed by atoms with Crippen LogP contribution in [0.15, 0.2) is 115 Å². The first-order chi connectivity index (χ1) is 24.2. The van der Waals surface area contributed by atoms with Gasteiger partial charge in [0.05, 0.1) is 11.4 Å². The van der Waals surface area contributed by atoms with E-state index in [1.165, 1.54) is 22.3 Å². The van der Waals surface area contributed by atoms with Crippen molar-refractivity contribution in [3.8, 4) is 51.2 Å². The molecule has 0 bridgehead atoms. The van der Waals surface area contributed by atoms with Gasteiger partial charge in [0.1, 0.15) is 5.82 Å². The van der Waals surface area contributed by atoms with E-state index in [0.29, 0.717) is 23.0 Å². The summed E-state index contributed by atoms with van der Waals surface area (Å²) in [6.45, 7) is 13.1. The topological polar surface area (TPSA) is 66.9 Å². The fourth-order valence-electron chi connectivity index (χ4n) is 7.00. The minimum Gasteiger partial charge on any atom is -0.573 e. The first-order valence-corrected chi connectivity index (χ1v) is 16.9. The average Bonchev–Trinajstić information content (AvgIpc) is 3.68. The van der Waals surface area contributed by atoms with Crippen LogP contribution < -0.4 is 9.84 Å². The first kappa shape index (κ1) is 34.1. The van der Waals surface area contributed by atoms with Gasteiger partial charge in [-0.15, -0.1) is 17.5 Å². The zero-order chi connectivity index (χ0) is 34.6. The number of fused-ring (bicyclic) bond motifs is 3. The van der Waals surface area contributed by atoms with Crippen molar-refractivity contribution < 1.29 is 25.8 Å². The van der Waals surface area contributed by atoms with Crippen molar-refractivity contribution >= 4 is 21.8 Å². The van der Waals surface area contributed by atoms with Crippen molar-refractivity contribution in [3.05, 3.63) is 144 Å². The maximum atomic E-state index is 6.47. The molecule has 0 radical (unpaired) electrons. The van der Waals surface area contributed by atoms with Crippen molar-refractivity contribution in [2.45, 2.75) is 47.0 Å². The second-order valence-electron chi connectivity index (χ2n) is 14.0. The summed E-state index contributed by atoms with van der Waals surface area (Å²) in [5.74, 6) is 1.85. The van der Waals surface area contributed by atoms with E-state index in [-0.39, 0.29) is 26.5 Å². The van der Waals surface area contributed by atoms with Gasteiger partial charge in [0.25, 0.3) is 0 Å². The van der Waals surface area contributed by atoms with Crippen LogP contribution >= 0.6 is 0 Å². The van der Waals surface area contributed by atoms with Crippen molar-refractivity contribution in [3.63, 3.8) is 0 Å². The van der Waals surface area contributed by atoms with Crippen molar-refractivity contribution in [1.82, 2.24) is 24.7 Å². The number of nitrogens with zero attached hydrogens (tertiary/aromatic N) is 5. The van der Waals surface area contributed by atoms with E-state index in [2.05, 4.69) is 119 Å². The minimum atomic E-state index is -0.0181. The molecule has 0 amide bonds. The van der Waals surface area contributed by atoms with Gasteiger partial charge in [-0.05, 0) is 89.2 Å². The van der Waals surface area contributed by atoms with Gasteiger partial charge in [-0.1, -0.05) is 104 Å². The molecule has 0 atom stereocenters. The number of pyridine rings is 2. The smallest absolute Gasteiger partial charge is 0.573 e. The molecule has 0 saturated heterocycles. The predicted octanol–water partition coefficient (Wildman–Crippen LogP) is 10.7. The van der Waals surface area contributed by atoms with Crippen molar-refractivity contribution in [2.75, 3.05) is 0 Å². The zero-order valence-electron chi connectivity index (χ0n) is 29.4. The van der Waals surface area contributed by atoms with Crippen LogP contribution in [0.5, 0.6) is 11.6 Å². The van der Waals surface area contributed by atoms with Crippen molar-refractivity contribution in [1.29, 1.82) is 0 Å². The fourth-order valence-corrected chi connectivity index (χ4v) is 7.00. The number of ether oxygens (including phenoxy) is 1. The van der Waals surface area contributed by atoms with Gasteiger partial charge in [0.15, 0.2) is 0 Å². The van der Waals surface area contributed by atoms with Gasteiger partial charge in [0, 0.05) is 23.5 Å². The molecule has 7 heteroatoms. The molecule has 4 aromatic heterocycles. The van der Waals surface area contributed by atoms with Crippen LogP contribution in [0.4, 0.5) is 0 Å². The van der Waals surface area contributed by atoms with Gasteiger partial charge < -0.3 is 19.5 Å². The molecule has 0 fully saturated rings. The summed E-state index contributed by atoms with van der Waals surface area (Å²) in [6, 6.07) is 40.6. The number of benzene rings is 4. The Balaban J connectivity index is 0.00000406. The normalized spacial score (nSPS) is 11.6. The summed E-state index contributed by atoms with van der Waals surface area (Å²) in [6.07, 6.45) is 1.88. The Labute approximate surface area is 312 Å². The van der Waals surface area contributed by atoms with Crippen LogP contribution in [0.1, 0.15) is 43.0 Å². The Bertz CT molecular complexity index is 2520. The number of aromatic nitrogens is 5. The first-order valence-electron chi connectivity index (χ1n) is 16.9. The molecule has 4 aromatic carbocycles. The van der Waals surface area contributed by atoms with E-state index in [0.717, 1.165) is 50.0 Å². The maximum Gasteiger partial charge on any atom is 2.00 e. The van der Waals surface area contributed by atoms with Gasteiger partial charge in [-0.25, -0.2) is 9.97 Å². The summed E-state index contributed by atoms with van der Waals surface area (Å²) >= 11 is 0. The number of para-hydroxylation sites is 1. The van der Waals surface area contributed by atoms with Crippen LogP contribution in [0, 0.1) is 26.8 Å². The fraction of sp³-hybridized carbons (Fsp3) is 0.159. The molecule has 0 saturated carbocycles. The van der Waals surface area contributed by atoms with E-state index in [4.69, 9.17) is 24.9 Å². The molecule has 8 rings (SSSR count). The van der Waals surface area contributed by atoms with Gasteiger partial charge in [-0.3, -0.25) is 0 Å². The molecule has 0 aliphatic heterocycles. The maximum absolute atomic E-state index is 6.47. The second-order valence-corrected chi connectivity index (χ2v) is 14.0. The van der Waals surface area contributed by atoms with Crippen molar-refractivity contribution in [2.24, 2.45) is 0 Å². The molecule has 0 aliphatic carbocycles. The SMILES string of the molecule is Cc1cc(C)c(-c2c(-c3ccccc3)n[n-]c2-c2cccc(Oc3[c-]c4c(cc3)c3ccccc3n4-c3cc(C(C)(C)C)ccn3)n2)c(C)c1.[Pt+2]. The molecular weight excluding hydrogens is 810 g/mol. The molecule has 8 aromatic rings. The van der Waals surface area contributed by atoms with E-state index in [1.807, 2.05) is 48.7 Å². The van der Waals surface area contributed by atoms with Gasteiger partial charge in [-0.2, -0.15) is 6.07 Å². The Morgan fingerprint density at radius 3 is 2.25 bits per heavy atom. The largest absolute Gasteiger partial charge is 2.00 e. The molecule has 51 heavy (non-hydrogen) atoms. The van der Waals surface area contributed by atoms with Crippen LogP contribution in [0.2, 0.25) is 0 Å². The Morgan fingerprint density at radius 1 is 0.745 bits per heavy atom. The number of hydrogen-bond donors (Lipinski definition) is 0. The Morgan fingerprint density at radius 2 is 1.49 bits per heavy atom. The molecule has 4 heterocycles. The third-order valence-electron chi connectivity index (χ3n) is 9.28. The van der Waals surface area contributed by atoms with E-state index in [9.17, 15) is 0 Å². The molecule has 0 unspecified atom stereocenters. The summed E-state index contributed by atoms with van der Waals surface area (Å²) in [5.41, 5.74) is 12.0. The standard InChI is InChI=1S/C44H37N5O.Pt/c1-27-23-28(2)40(29(3)24-27)41-42(30-13-8-7-9-14-30)47-48-43(41)35-16-12-18-39(46-35)50-32-19-20-34-33-15-10-11-17-36(33)49(37(34)26-32)38-25-31(21-22-45-38)44(4,5)6;/h7-25H,1-6H3;/q-2;+2. The molecule has 0 spiro atoms. The summed E-state index contributed by atoms with van der Waals surface area (Å²) in [4.78, 5) is 9.79. The average molecular weight is 847 g/mol. The van der Waals surface area contributed by atoms with Gasteiger partial charge in [0.2, 0.25) is 5.88 Å². The molecular formula is C44H37N5OPt. The molecule has 6 nitrogen and oxygen atoms in total. The Hall–Kier alpha value is -5.32. The monoisotopic (exact) mass is 846 g/mol. The molecule has 0 N–H and O–H groups in total. The quantitative estimate of drug-likeness (QED) is 0.156. The number of hydrogen-bond acceptors (Lipinski definition) is 4. The number of rotatable bonds is 6. The third kappa shape index (κ3) is 6.30. The van der Waals surface area contributed by atoms with Gasteiger partial charge >= 0.3 is 21.1 Å². The molecule has 0 aliphatic rings.